The molecule has 0 aliphatic carbocycles. The van der Waals surface area contributed by atoms with Gasteiger partial charge in [0.25, 0.3) is 0 Å². The highest BCUT2D eigenvalue weighted by Crippen LogP contribution is 2.36. The van der Waals surface area contributed by atoms with E-state index in [-0.39, 0.29) is 0 Å². The molecule has 0 N–H and O–H groups in total. The van der Waals surface area contributed by atoms with E-state index in [0.717, 1.165) is 20.1 Å². The maximum Gasteiger partial charge on any atom is 0.148 e. The Kier molecular flexibility index (Phi) is 6.34. The van der Waals surface area contributed by atoms with Gasteiger partial charge in [-0.05, 0) is 67.8 Å². The zero-order valence-corrected chi connectivity index (χ0v) is 15.8. The fraction of sp³-hybridized carbons (Fsp3) is 0.0625. The molecule has 0 aromatic heterocycles. The maximum absolute atomic E-state index is 8.57. The first-order valence-corrected chi connectivity index (χ1v) is 8.47. The SMILES string of the molecule is N#C/C=C/c1cc(Br)c(OCc2ccc(Cl)cc2Cl)c(Br)c1. The van der Waals surface area contributed by atoms with E-state index in [9.17, 15) is 0 Å². The zero-order valence-electron chi connectivity index (χ0n) is 11.1. The molecule has 0 heterocycles. The third kappa shape index (κ3) is 4.50. The molecule has 0 spiro atoms. The smallest absolute Gasteiger partial charge is 0.148 e. The molecule has 22 heavy (non-hydrogen) atoms. The lowest BCUT2D eigenvalue weighted by Gasteiger charge is -2.12. The standard InChI is InChI=1S/C16H9Br2Cl2NO/c17-13-6-10(2-1-5-21)7-14(18)16(13)22-9-11-3-4-12(19)8-15(11)20/h1-4,6-8H,9H2/b2-1+. The largest absolute Gasteiger partial charge is 0.486 e. The molecular formula is C16H9Br2Cl2NO. The minimum atomic E-state index is 0.320. The van der Waals surface area contributed by atoms with Crippen LogP contribution in [0.25, 0.3) is 6.08 Å². The zero-order chi connectivity index (χ0) is 16.1. The molecule has 0 radical (unpaired) electrons. The minimum absolute atomic E-state index is 0.320. The molecule has 6 heteroatoms. The summed E-state index contributed by atoms with van der Waals surface area (Å²) >= 11 is 18.9. The first kappa shape index (κ1) is 17.4. The quantitative estimate of drug-likeness (QED) is 0.478. The Balaban J connectivity index is 2.20. The Labute approximate surface area is 155 Å². The Morgan fingerprint density at radius 3 is 2.41 bits per heavy atom. The van der Waals surface area contributed by atoms with Gasteiger partial charge in [0, 0.05) is 21.7 Å². The van der Waals surface area contributed by atoms with Crippen LogP contribution in [-0.2, 0) is 6.61 Å². The van der Waals surface area contributed by atoms with Gasteiger partial charge in [0.15, 0.2) is 0 Å². The lowest BCUT2D eigenvalue weighted by molar-refractivity contribution is 0.302. The van der Waals surface area contributed by atoms with Crippen molar-refractivity contribution in [2.45, 2.75) is 6.61 Å². The second kappa shape index (κ2) is 8.03. The van der Waals surface area contributed by atoms with E-state index in [4.69, 9.17) is 33.2 Å². The fourth-order valence-electron chi connectivity index (χ4n) is 1.74. The van der Waals surface area contributed by atoms with Gasteiger partial charge in [-0.15, -0.1) is 0 Å². The maximum atomic E-state index is 8.57. The van der Waals surface area contributed by atoms with Crippen LogP contribution in [0.2, 0.25) is 10.0 Å². The van der Waals surface area contributed by atoms with Gasteiger partial charge in [-0.1, -0.05) is 29.3 Å². The van der Waals surface area contributed by atoms with Crippen molar-refractivity contribution in [2.75, 3.05) is 0 Å². The minimum Gasteiger partial charge on any atom is -0.486 e. The van der Waals surface area contributed by atoms with E-state index in [0.29, 0.717) is 22.4 Å². The van der Waals surface area contributed by atoms with Gasteiger partial charge in [-0.3, -0.25) is 0 Å². The van der Waals surface area contributed by atoms with Crippen molar-refractivity contribution < 1.29 is 4.74 Å². The molecule has 112 valence electrons. The molecule has 0 atom stereocenters. The Bertz CT molecular complexity index is 746. The lowest BCUT2D eigenvalue weighted by atomic mass is 10.2. The van der Waals surface area contributed by atoms with Crippen molar-refractivity contribution in [3.63, 3.8) is 0 Å². The number of benzene rings is 2. The van der Waals surface area contributed by atoms with Crippen molar-refractivity contribution in [1.82, 2.24) is 0 Å². The molecule has 2 aromatic rings. The van der Waals surface area contributed by atoms with Gasteiger partial charge in [0.2, 0.25) is 0 Å². The lowest BCUT2D eigenvalue weighted by Crippen LogP contribution is -1.98. The highest BCUT2D eigenvalue weighted by atomic mass is 79.9. The van der Waals surface area contributed by atoms with Gasteiger partial charge >= 0.3 is 0 Å². The molecule has 0 aliphatic rings. The monoisotopic (exact) mass is 459 g/mol. The molecule has 0 unspecified atom stereocenters. The molecule has 0 saturated heterocycles. The van der Waals surface area contributed by atoms with Gasteiger partial charge < -0.3 is 4.74 Å². The predicted molar refractivity (Wildman–Crippen MR) is 97.3 cm³/mol. The third-order valence-electron chi connectivity index (χ3n) is 2.76. The Hall–Kier alpha value is -0.990. The van der Waals surface area contributed by atoms with Crippen molar-refractivity contribution in [3.05, 3.63) is 66.5 Å². The number of halogens is 4. The van der Waals surface area contributed by atoms with Crippen LogP contribution in [0.1, 0.15) is 11.1 Å². The number of hydrogen-bond donors (Lipinski definition) is 0. The normalized spacial score (nSPS) is 10.7. The van der Waals surface area contributed by atoms with Crippen LogP contribution in [0.15, 0.2) is 45.4 Å². The summed E-state index contributed by atoms with van der Waals surface area (Å²) in [6.07, 6.45) is 3.14. The highest BCUT2D eigenvalue weighted by Gasteiger charge is 2.10. The molecule has 2 aromatic carbocycles. The number of ether oxygens (including phenoxy) is 1. The summed E-state index contributed by atoms with van der Waals surface area (Å²) < 4.78 is 7.39. The molecular weight excluding hydrogens is 453 g/mol. The van der Waals surface area contributed by atoms with Crippen molar-refractivity contribution in [3.8, 4) is 11.8 Å². The summed E-state index contributed by atoms with van der Waals surface area (Å²) in [6.45, 7) is 0.320. The molecule has 0 saturated carbocycles. The average molecular weight is 462 g/mol. The van der Waals surface area contributed by atoms with Crippen molar-refractivity contribution >= 4 is 61.1 Å². The van der Waals surface area contributed by atoms with Crippen LogP contribution in [0.5, 0.6) is 5.75 Å². The summed E-state index contributed by atoms with van der Waals surface area (Å²) in [5.41, 5.74) is 1.73. The second-order valence-corrected chi connectivity index (χ2v) is 6.85. The number of nitrogens with zero attached hydrogens (tertiary/aromatic N) is 1. The Morgan fingerprint density at radius 1 is 1.14 bits per heavy atom. The van der Waals surface area contributed by atoms with E-state index >= 15 is 0 Å². The number of hydrogen-bond acceptors (Lipinski definition) is 2. The molecule has 0 fully saturated rings. The van der Waals surface area contributed by atoms with Crippen LogP contribution in [0, 0.1) is 11.3 Å². The molecule has 0 amide bonds. The molecule has 0 bridgehead atoms. The second-order valence-electron chi connectivity index (χ2n) is 4.30. The number of allylic oxidation sites excluding steroid dienone is 1. The van der Waals surface area contributed by atoms with E-state index in [1.807, 2.05) is 24.3 Å². The van der Waals surface area contributed by atoms with Crippen LogP contribution < -0.4 is 4.74 Å². The Morgan fingerprint density at radius 2 is 1.82 bits per heavy atom. The summed E-state index contributed by atoms with van der Waals surface area (Å²) in [7, 11) is 0. The van der Waals surface area contributed by atoms with E-state index in [2.05, 4.69) is 31.9 Å². The summed E-state index contributed by atoms with van der Waals surface area (Å²) in [5.74, 6) is 0.667. The van der Waals surface area contributed by atoms with Crippen molar-refractivity contribution in [1.29, 1.82) is 5.26 Å². The van der Waals surface area contributed by atoms with Gasteiger partial charge in [0.1, 0.15) is 12.4 Å². The van der Waals surface area contributed by atoms with Crippen LogP contribution in [0.4, 0.5) is 0 Å². The van der Waals surface area contributed by atoms with Crippen LogP contribution in [-0.4, -0.2) is 0 Å². The summed E-state index contributed by atoms with van der Waals surface area (Å²) in [6, 6.07) is 11.0. The summed E-state index contributed by atoms with van der Waals surface area (Å²) in [5, 5.41) is 9.72. The first-order chi connectivity index (χ1) is 10.5. The summed E-state index contributed by atoms with van der Waals surface area (Å²) in [4.78, 5) is 0. The molecule has 2 rings (SSSR count). The van der Waals surface area contributed by atoms with E-state index in [1.54, 1.807) is 18.2 Å². The average Bonchev–Trinajstić information content (AvgIpc) is 2.46. The number of rotatable bonds is 4. The van der Waals surface area contributed by atoms with Crippen molar-refractivity contribution in [2.24, 2.45) is 0 Å². The molecule has 0 aliphatic heterocycles. The molecule has 2 nitrogen and oxygen atoms in total. The van der Waals surface area contributed by atoms with Gasteiger partial charge in [0.05, 0.1) is 15.0 Å². The predicted octanol–water partition coefficient (Wildman–Crippen LogP) is 6.63. The van der Waals surface area contributed by atoms with Gasteiger partial charge in [-0.25, -0.2) is 0 Å². The fourth-order valence-corrected chi connectivity index (χ4v) is 3.65. The van der Waals surface area contributed by atoms with Crippen LogP contribution >= 0.6 is 55.1 Å². The highest BCUT2D eigenvalue weighted by molar-refractivity contribution is 9.11. The van der Waals surface area contributed by atoms with E-state index in [1.165, 1.54) is 6.08 Å². The topological polar surface area (TPSA) is 33.0 Å². The van der Waals surface area contributed by atoms with Crippen LogP contribution in [0.3, 0.4) is 0 Å². The third-order valence-corrected chi connectivity index (χ3v) is 4.52. The first-order valence-electron chi connectivity index (χ1n) is 6.13. The van der Waals surface area contributed by atoms with E-state index < -0.39 is 0 Å². The van der Waals surface area contributed by atoms with Gasteiger partial charge in [-0.2, -0.15) is 5.26 Å². The number of nitriles is 1.